The molecule has 0 aliphatic carbocycles. The van der Waals surface area contributed by atoms with Crippen molar-refractivity contribution < 1.29 is 14.3 Å². The minimum Gasteiger partial charge on any atom is -0.444 e. The number of hydrogen-bond acceptors (Lipinski definition) is 4. The van der Waals surface area contributed by atoms with E-state index in [0.717, 1.165) is 12.8 Å². The van der Waals surface area contributed by atoms with Crippen LogP contribution in [0.3, 0.4) is 0 Å². The fourth-order valence-electron chi connectivity index (χ4n) is 2.09. The van der Waals surface area contributed by atoms with Gasteiger partial charge < -0.3 is 15.4 Å². The fourth-order valence-corrected chi connectivity index (χ4v) is 2.09. The molecule has 0 saturated carbocycles. The van der Waals surface area contributed by atoms with Gasteiger partial charge in [-0.1, -0.05) is 0 Å². The minimum absolute atomic E-state index is 0.00226. The van der Waals surface area contributed by atoms with E-state index in [0.29, 0.717) is 19.5 Å². The van der Waals surface area contributed by atoms with Gasteiger partial charge in [0, 0.05) is 19.0 Å². The lowest BCUT2D eigenvalue weighted by Gasteiger charge is -2.26. The number of rotatable bonds is 2. The minimum atomic E-state index is -0.476. The van der Waals surface area contributed by atoms with Crippen molar-refractivity contribution in [3.05, 3.63) is 0 Å². The monoisotopic (exact) mass is 256 g/mol. The van der Waals surface area contributed by atoms with Crippen LogP contribution in [0.4, 0.5) is 4.79 Å². The third kappa shape index (κ3) is 4.64. The van der Waals surface area contributed by atoms with Gasteiger partial charge in [0.2, 0.25) is 0 Å². The Hall–Kier alpha value is -1.10. The molecule has 1 rings (SSSR count). The molecule has 0 radical (unpaired) electrons. The van der Waals surface area contributed by atoms with Gasteiger partial charge in [-0.3, -0.25) is 4.79 Å². The van der Waals surface area contributed by atoms with Gasteiger partial charge in [-0.15, -0.1) is 0 Å². The van der Waals surface area contributed by atoms with Crippen LogP contribution in [0, 0.1) is 5.92 Å². The van der Waals surface area contributed by atoms with Gasteiger partial charge >= 0.3 is 6.09 Å². The summed E-state index contributed by atoms with van der Waals surface area (Å²) >= 11 is 0. The molecule has 1 aliphatic rings. The van der Waals surface area contributed by atoms with Crippen LogP contribution in [0.2, 0.25) is 0 Å². The summed E-state index contributed by atoms with van der Waals surface area (Å²) in [5.41, 5.74) is 4.90. The average molecular weight is 256 g/mol. The normalized spacial score (nSPS) is 21.3. The van der Waals surface area contributed by atoms with Gasteiger partial charge in [-0.2, -0.15) is 0 Å². The standard InChI is InChI=1S/C13H24N2O3/c1-13(2,3)18-12(17)15-7-4-5-10(6-8-15)11(16)9-14/h10H,4-9,14H2,1-3H3. The third-order valence-electron chi connectivity index (χ3n) is 3.04. The van der Waals surface area contributed by atoms with Crippen LogP contribution in [0.1, 0.15) is 40.0 Å². The molecular weight excluding hydrogens is 232 g/mol. The largest absolute Gasteiger partial charge is 0.444 e. The van der Waals surface area contributed by atoms with Crippen molar-refractivity contribution in [1.29, 1.82) is 0 Å². The summed E-state index contributed by atoms with van der Waals surface area (Å²) in [6.07, 6.45) is 2.05. The average Bonchev–Trinajstić information content (AvgIpc) is 2.51. The van der Waals surface area contributed by atoms with E-state index in [2.05, 4.69) is 0 Å². The van der Waals surface area contributed by atoms with Crippen LogP contribution >= 0.6 is 0 Å². The quantitative estimate of drug-likeness (QED) is 0.813. The molecule has 1 saturated heterocycles. The molecule has 0 bridgehead atoms. The summed E-state index contributed by atoms with van der Waals surface area (Å²) < 4.78 is 5.33. The van der Waals surface area contributed by atoms with Crippen molar-refractivity contribution in [3.63, 3.8) is 0 Å². The third-order valence-corrected chi connectivity index (χ3v) is 3.04. The number of nitrogens with zero attached hydrogens (tertiary/aromatic N) is 1. The first-order chi connectivity index (χ1) is 8.33. The molecule has 1 unspecified atom stereocenters. The Morgan fingerprint density at radius 1 is 1.28 bits per heavy atom. The number of hydrogen-bond donors (Lipinski definition) is 1. The summed E-state index contributed by atoms with van der Waals surface area (Å²) in [4.78, 5) is 25.2. The molecule has 1 heterocycles. The summed E-state index contributed by atoms with van der Waals surface area (Å²) in [5.74, 6) is 0.100. The molecular formula is C13H24N2O3. The van der Waals surface area contributed by atoms with E-state index >= 15 is 0 Å². The van der Waals surface area contributed by atoms with E-state index in [9.17, 15) is 9.59 Å². The van der Waals surface area contributed by atoms with Gasteiger partial charge in [0.05, 0.1) is 6.54 Å². The van der Waals surface area contributed by atoms with E-state index in [1.54, 1.807) is 4.90 Å². The van der Waals surface area contributed by atoms with Crippen molar-refractivity contribution in [3.8, 4) is 0 Å². The summed E-state index contributed by atoms with van der Waals surface area (Å²) in [6.45, 7) is 6.88. The highest BCUT2D eigenvalue weighted by molar-refractivity contribution is 5.82. The summed E-state index contributed by atoms with van der Waals surface area (Å²) in [7, 11) is 0. The van der Waals surface area contributed by atoms with Crippen LogP contribution < -0.4 is 5.73 Å². The predicted octanol–water partition coefficient (Wildman–Crippen LogP) is 1.55. The lowest BCUT2D eigenvalue weighted by atomic mass is 9.96. The first kappa shape index (κ1) is 15.0. The maximum atomic E-state index is 11.9. The number of ether oxygens (including phenoxy) is 1. The predicted molar refractivity (Wildman–Crippen MR) is 69.2 cm³/mol. The Kier molecular flexibility index (Phi) is 5.14. The van der Waals surface area contributed by atoms with E-state index in [-0.39, 0.29) is 24.3 Å². The Bertz CT molecular complexity index is 310. The number of carbonyl (C=O) groups is 2. The number of nitrogens with two attached hydrogens (primary N) is 1. The zero-order chi connectivity index (χ0) is 13.8. The van der Waals surface area contributed by atoms with Gasteiger partial charge in [0.1, 0.15) is 11.4 Å². The summed E-state index contributed by atoms with van der Waals surface area (Å²) in [6, 6.07) is 0. The molecule has 5 heteroatoms. The second-order valence-electron chi connectivity index (χ2n) is 5.77. The lowest BCUT2D eigenvalue weighted by molar-refractivity contribution is -0.121. The van der Waals surface area contributed by atoms with Crippen molar-refractivity contribution in [2.24, 2.45) is 11.7 Å². The van der Waals surface area contributed by atoms with Gasteiger partial charge in [-0.25, -0.2) is 4.79 Å². The van der Waals surface area contributed by atoms with Gasteiger partial charge in [0.25, 0.3) is 0 Å². The number of amides is 1. The zero-order valence-corrected chi connectivity index (χ0v) is 11.6. The molecule has 0 aromatic carbocycles. The molecule has 0 aromatic heterocycles. The van der Waals surface area contributed by atoms with E-state index in [4.69, 9.17) is 10.5 Å². The number of likely N-dealkylation sites (tertiary alicyclic amines) is 1. The smallest absolute Gasteiger partial charge is 0.410 e. The van der Waals surface area contributed by atoms with Gasteiger partial charge in [-0.05, 0) is 40.0 Å². The highest BCUT2D eigenvalue weighted by Crippen LogP contribution is 2.20. The second-order valence-corrected chi connectivity index (χ2v) is 5.77. The van der Waals surface area contributed by atoms with Crippen molar-refractivity contribution in [2.75, 3.05) is 19.6 Å². The number of carbonyl (C=O) groups excluding carboxylic acids is 2. The van der Waals surface area contributed by atoms with Crippen LogP contribution in [0.15, 0.2) is 0 Å². The van der Waals surface area contributed by atoms with E-state index < -0.39 is 5.60 Å². The molecule has 1 aliphatic heterocycles. The van der Waals surface area contributed by atoms with Crippen LogP contribution in [0.5, 0.6) is 0 Å². The first-order valence-electron chi connectivity index (χ1n) is 6.54. The SMILES string of the molecule is CC(C)(C)OC(=O)N1CCCC(C(=O)CN)CC1. The van der Waals surface area contributed by atoms with E-state index in [1.807, 2.05) is 20.8 Å². The number of ketones is 1. The highest BCUT2D eigenvalue weighted by Gasteiger charge is 2.27. The van der Waals surface area contributed by atoms with Crippen LogP contribution in [-0.4, -0.2) is 42.0 Å². The maximum absolute atomic E-state index is 11.9. The zero-order valence-electron chi connectivity index (χ0n) is 11.6. The molecule has 0 spiro atoms. The topological polar surface area (TPSA) is 72.6 Å². The van der Waals surface area contributed by atoms with Gasteiger partial charge in [0.15, 0.2) is 0 Å². The molecule has 0 aromatic rings. The molecule has 1 fully saturated rings. The maximum Gasteiger partial charge on any atom is 0.410 e. The van der Waals surface area contributed by atoms with Crippen molar-refractivity contribution in [1.82, 2.24) is 4.90 Å². The Balaban J connectivity index is 2.51. The molecule has 1 atom stereocenters. The molecule has 18 heavy (non-hydrogen) atoms. The Morgan fingerprint density at radius 2 is 1.94 bits per heavy atom. The lowest BCUT2D eigenvalue weighted by Crippen LogP contribution is -2.37. The molecule has 5 nitrogen and oxygen atoms in total. The Labute approximate surface area is 109 Å². The summed E-state index contributed by atoms with van der Waals surface area (Å²) in [5, 5.41) is 0. The van der Waals surface area contributed by atoms with Crippen molar-refractivity contribution >= 4 is 11.9 Å². The highest BCUT2D eigenvalue weighted by atomic mass is 16.6. The van der Waals surface area contributed by atoms with Crippen molar-refractivity contribution in [2.45, 2.75) is 45.6 Å². The van der Waals surface area contributed by atoms with E-state index in [1.165, 1.54) is 0 Å². The number of Topliss-reactive ketones (excluding diaryl/α,β-unsaturated/α-hetero) is 1. The molecule has 104 valence electrons. The fraction of sp³-hybridized carbons (Fsp3) is 0.846. The second kappa shape index (κ2) is 6.18. The van der Waals surface area contributed by atoms with Crippen LogP contribution in [0.25, 0.3) is 0 Å². The first-order valence-corrected chi connectivity index (χ1v) is 6.54. The molecule has 2 N–H and O–H groups in total. The Morgan fingerprint density at radius 3 is 2.50 bits per heavy atom. The molecule has 1 amide bonds. The van der Waals surface area contributed by atoms with Crippen LogP contribution in [-0.2, 0) is 9.53 Å².